The molecule has 1 fully saturated rings. The first-order valence-corrected chi connectivity index (χ1v) is 13.4. The minimum Gasteiger partial charge on any atom is -0.503 e. The molecule has 1 aliphatic heterocycles. The van der Waals surface area contributed by atoms with Crippen molar-refractivity contribution >= 4 is 22.7 Å². The minimum absolute atomic E-state index is 0.000690. The Morgan fingerprint density at radius 3 is 2.59 bits per heavy atom. The van der Waals surface area contributed by atoms with Crippen LogP contribution in [0.1, 0.15) is 61.1 Å². The van der Waals surface area contributed by atoms with Gasteiger partial charge in [0, 0.05) is 49.7 Å². The number of hydrogen-bond acceptors (Lipinski definition) is 7. The third-order valence-corrected chi connectivity index (χ3v) is 8.33. The maximum atomic E-state index is 14.1. The molecule has 0 bridgehead atoms. The summed E-state index contributed by atoms with van der Waals surface area (Å²) in [5.74, 6) is 3.28. The lowest BCUT2D eigenvalue weighted by molar-refractivity contribution is -0.0301. The van der Waals surface area contributed by atoms with Gasteiger partial charge in [0.25, 0.3) is 5.91 Å². The average molecular weight is 535 g/mol. The van der Waals surface area contributed by atoms with Crippen LogP contribution in [0.2, 0.25) is 0 Å². The van der Waals surface area contributed by atoms with Gasteiger partial charge in [0.2, 0.25) is 5.43 Å². The van der Waals surface area contributed by atoms with Gasteiger partial charge in [-0.05, 0) is 51.2 Å². The average Bonchev–Trinajstić information content (AvgIpc) is 2.87. The number of aromatic hydroxyl groups is 1. The Morgan fingerprint density at radius 2 is 1.97 bits per heavy atom. The second-order valence-electron chi connectivity index (χ2n) is 9.46. The zero-order chi connectivity index (χ0) is 26.7. The van der Waals surface area contributed by atoms with E-state index in [0.717, 1.165) is 49.6 Å². The maximum Gasteiger partial charge on any atom is 0.275 e. The van der Waals surface area contributed by atoms with Crippen molar-refractivity contribution in [1.29, 1.82) is 0 Å². The summed E-state index contributed by atoms with van der Waals surface area (Å²) in [7, 11) is 0. The first kappa shape index (κ1) is 27.1. The Morgan fingerprint density at radius 1 is 1.24 bits per heavy atom. The van der Waals surface area contributed by atoms with Gasteiger partial charge in [-0.1, -0.05) is 6.07 Å². The summed E-state index contributed by atoms with van der Waals surface area (Å²) in [6, 6.07) is 3.26. The van der Waals surface area contributed by atoms with Gasteiger partial charge in [-0.25, -0.2) is 8.78 Å². The van der Waals surface area contributed by atoms with Crippen LogP contribution in [0.25, 0.3) is 0 Å². The van der Waals surface area contributed by atoms with Gasteiger partial charge in [-0.15, -0.1) is 11.8 Å². The van der Waals surface area contributed by atoms with Crippen LogP contribution in [0.3, 0.4) is 0 Å². The Labute approximate surface area is 218 Å². The number of nitrogens with zero attached hydrogens (tertiary/aromatic N) is 3. The molecule has 0 radical (unpaired) electrons. The normalized spacial score (nSPS) is 21.9. The third kappa shape index (κ3) is 5.38. The van der Waals surface area contributed by atoms with Crippen LogP contribution >= 0.6 is 11.8 Å². The van der Waals surface area contributed by atoms with Crippen LogP contribution in [-0.2, 0) is 23.5 Å². The molecule has 2 aromatic rings. The first-order chi connectivity index (χ1) is 17.7. The minimum atomic E-state index is -0.711. The number of pyridine rings is 1. The van der Waals surface area contributed by atoms with Crippen LogP contribution in [-0.4, -0.2) is 50.3 Å². The van der Waals surface area contributed by atoms with E-state index in [1.807, 2.05) is 13.8 Å². The van der Waals surface area contributed by atoms with Crippen LogP contribution < -0.4 is 11.3 Å². The largest absolute Gasteiger partial charge is 0.503 e. The molecule has 1 aromatic carbocycles. The lowest BCUT2D eigenvalue weighted by Crippen LogP contribution is -2.60. The molecule has 4 rings (SSSR count). The Kier molecular flexibility index (Phi) is 8.23. The predicted molar refractivity (Wildman–Crippen MR) is 139 cm³/mol. The molecule has 2 heterocycles. The molecular formula is C26H32F2N4O4S. The quantitative estimate of drug-likeness (QED) is 0.242. The highest BCUT2D eigenvalue weighted by atomic mass is 32.2. The molecule has 1 spiro atoms. The van der Waals surface area contributed by atoms with Crippen LogP contribution in [0.4, 0.5) is 8.78 Å². The van der Waals surface area contributed by atoms with Gasteiger partial charge in [0.1, 0.15) is 11.6 Å². The van der Waals surface area contributed by atoms with E-state index in [1.54, 1.807) is 15.7 Å². The number of hydrogen-bond donors (Lipinski definition) is 2. The van der Waals surface area contributed by atoms with E-state index < -0.39 is 28.4 Å². The Hall–Kier alpha value is -2.92. The summed E-state index contributed by atoms with van der Waals surface area (Å²) in [6.07, 6.45) is 5.01. The highest BCUT2D eigenvalue weighted by Crippen LogP contribution is 2.41. The molecule has 1 amide bonds. The van der Waals surface area contributed by atoms with Gasteiger partial charge in [0.05, 0.1) is 16.7 Å². The molecule has 200 valence electrons. The number of likely N-dealkylation sites (N-methyl/N-ethyl adjacent to an activating group) is 1. The number of fused-ring (bicyclic) bond motifs is 1. The molecule has 2 aliphatic rings. The summed E-state index contributed by atoms with van der Waals surface area (Å²) in [6.45, 7) is 5.46. The summed E-state index contributed by atoms with van der Waals surface area (Å²) in [5, 5.41) is 14.8. The van der Waals surface area contributed by atoms with Crippen molar-refractivity contribution in [2.45, 2.75) is 69.9 Å². The number of benzene rings is 1. The number of carbonyl (C=O) groups excluding carboxylic acids is 1. The second-order valence-corrected chi connectivity index (χ2v) is 10.5. The van der Waals surface area contributed by atoms with Crippen molar-refractivity contribution in [3.05, 3.63) is 63.1 Å². The number of thioether (sulfide) groups is 1. The molecule has 1 aromatic heterocycles. The van der Waals surface area contributed by atoms with E-state index in [2.05, 4.69) is 5.10 Å². The number of amides is 1. The second kappa shape index (κ2) is 11.2. The topological polar surface area (TPSA) is 110 Å². The molecule has 3 N–H and O–H groups in total. The predicted octanol–water partition coefficient (Wildman–Crippen LogP) is 3.77. The van der Waals surface area contributed by atoms with Crippen LogP contribution in [0.5, 0.6) is 5.75 Å². The maximum absolute atomic E-state index is 14.1. The number of halogens is 2. The lowest BCUT2D eigenvalue weighted by Gasteiger charge is -2.51. The van der Waals surface area contributed by atoms with E-state index in [9.17, 15) is 23.5 Å². The SMILES string of the molecule is CCOC1CCC2(CC1)Cn1cc(CSC(Cc3ccc(F)cc3F)=NN)c(=O)c(O)c1C(=O)N2CC. The van der Waals surface area contributed by atoms with Crippen LogP contribution in [0, 0.1) is 11.6 Å². The summed E-state index contributed by atoms with van der Waals surface area (Å²) < 4.78 is 34.8. The molecule has 0 unspecified atom stereocenters. The van der Waals surface area contributed by atoms with Crippen molar-refractivity contribution in [1.82, 2.24) is 9.47 Å². The Bertz CT molecular complexity index is 1260. The lowest BCUT2D eigenvalue weighted by atomic mass is 9.77. The fourth-order valence-electron chi connectivity index (χ4n) is 5.47. The van der Waals surface area contributed by atoms with Crippen molar-refractivity contribution < 1.29 is 23.4 Å². The fourth-order valence-corrected chi connectivity index (χ4v) is 6.33. The van der Waals surface area contributed by atoms with Gasteiger partial charge in [-0.2, -0.15) is 5.10 Å². The van der Waals surface area contributed by atoms with Gasteiger partial charge in [0.15, 0.2) is 11.4 Å². The molecule has 1 aliphatic carbocycles. The summed E-state index contributed by atoms with van der Waals surface area (Å²) >= 11 is 1.12. The summed E-state index contributed by atoms with van der Waals surface area (Å²) in [4.78, 5) is 28.2. The van der Waals surface area contributed by atoms with Crippen molar-refractivity contribution in [2.75, 3.05) is 13.2 Å². The van der Waals surface area contributed by atoms with E-state index in [-0.39, 0.29) is 41.0 Å². The molecule has 8 nitrogen and oxygen atoms in total. The van der Waals surface area contributed by atoms with E-state index in [1.165, 1.54) is 6.07 Å². The highest BCUT2D eigenvalue weighted by Gasteiger charge is 2.47. The molecular weight excluding hydrogens is 502 g/mol. The van der Waals surface area contributed by atoms with Crippen molar-refractivity contribution in [3.63, 3.8) is 0 Å². The van der Waals surface area contributed by atoms with Crippen molar-refractivity contribution in [3.8, 4) is 5.75 Å². The zero-order valence-electron chi connectivity index (χ0n) is 21.0. The van der Waals surface area contributed by atoms with Crippen molar-refractivity contribution in [2.24, 2.45) is 10.9 Å². The monoisotopic (exact) mass is 534 g/mol. The number of aromatic nitrogens is 1. The van der Waals surface area contributed by atoms with E-state index in [4.69, 9.17) is 10.6 Å². The third-order valence-electron chi connectivity index (χ3n) is 7.29. The Balaban J connectivity index is 1.57. The highest BCUT2D eigenvalue weighted by molar-refractivity contribution is 8.13. The number of rotatable bonds is 7. The van der Waals surface area contributed by atoms with E-state index >= 15 is 0 Å². The number of ether oxygens (including phenoxy) is 1. The molecule has 11 heteroatoms. The van der Waals surface area contributed by atoms with Crippen LogP contribution in [0.15, 0.2) is 34.3 Å². The molecule has 0 saturated heterocycles. The van der Waals surface area contributed by atoms with Gasteiger partial charge >= 0.3 is 0 Å². The number of carbonyl (C=O) groups is 1. The standard InChI is InChI=1S/C26H32F2N4O4S/c1-3-32-25(35)22-24(34)23(33)17(13-31(22)15-26(32)9-7-19(8-10-26)36-4-2)14-37-21(30-29)11-16-5-6-18(27)12-20(16)28/h5-6,12-13,19,34H,3-4,7-11,14-15,29H2,1-2H3. The molecule has 0 atom stereocenters. The first-order valence-electron chi connectivity index (χ1n) is 12.4. The molecule has 37 heavy (non-hydrogen) atoms. The number of hydrazone groups is 1. The summed E-state index contributed by atoms with van der Waals surface area (Å²) in [5.41, 5.74) is -0.550. The molecule has 1 saturated carbocycles. The zero-order valence-corrected chi connectivity index (χ0v) is 21.8. The number of nitrogens with two attached hydrogens (primary N) is 1. The van der Waals surface area contributed by atoms with E-state index in [0.29, 0.717) is 24.7 Å². The van der Waals surface area contributed by atoms with Gasteiger partial charge in [-0.3, -0.25) is 9.59 Å². The van der Waals surface area contributed by atoms with Gasteiger partial charge < -0.3 is 25.2 Å². The fraction of sp³-hybridized carbons (Fsp3) is 0.500. The smallest absolute Gasteiger partial charge is 0.275 e.